The Labute approximate surface area is 152 Å². The smallest absolute Gasteiger partial charge is 0.227 e. The lowest BCUT2D eigenvalue weighted by Crippen LogP contribution is -2.38. The van der Waals surface area contributed by atoms with Gasteiger partial charge in [0.2, 0.25) is 11.8 Å². The fourth-order valence-corrected chi connectivity index (χ4v) is 3.27. The van der Waals surface area contributed by atoms with Crippen molar-refractivity contribution in [2.45, 2.75) is 25.7 Å². The van der Waals surface area contributed by atoms with E-state index in [1.54, 1.807) is 29.3 Å². The quantitative estimate of drug-likeness (QED) is 0.893. The molecule has 138 valence electrons. The number of hydrogen-bond donors (Lipinski definition) is 1. The highest BCUT2D eigenvalue weighted by Crippen LogP contribution is 2.12. The maximum Gasteiger partial charge on any atom is 0.227 e. The molecule has 1 aromatic carbocycles. The Balaban J connectivity index is 1.49. The highest BCUT2D eigenvalue weighted by atomic mass is 19.1. The van der Waals surface area contributed by atoms with E-state index in [1.807, 2.05) is 17.2 Å². The van der Waals surface area contributed by atoms with Crippen LogP contribution in [0.2, 0.25) is 0 Å². The normalized spacial score (nSPS) is 15.0. The molecule has 6 heteroatoms. The molecule has 1 N–H and O–H groups in total. The molecule has 0 aliphatic carbocycles. The first-order valence-electron chi connectivity index (χ1n) is 9.04. The van der Waals surface area contributed by atoms with Gasteiger partial charge in [-0.2, -0.15) is 0 Å². The van der Waals surface area contributed by atoms with E-state index in [1.165, 1.54) is 6.07 Å². The Morgan fingerprint density at radius 2 is 1.73 bits per heavy atom. The van der Waals surface area contributed by atoms with Crippen LogP contribution in [0.5, 0.6) is 0 Å². The summed E-state index contributed by atoms with van der Waals surface area (Å²) in [5.74, 6) is -0.156. The number of aromatic nitrogens is 1. The number of carbonyl (C=O) groups is 2. The molecule has 0 spiro atoms. The van der Waals surface area contributed by atoms with Crippen molar-refractivity contribution in [2.75, 3.05) is 26.2 Å². The number of nitrogens with zero attached hydrogens (tertiary/aromatic N) is 2. The van der Waals surface area contributed by atoms with Crippen molar-refractivity contribution in [3.63, 3.8) is 0 Å². The lowest BCUT2D eigenvalue weighted by atomic mass is 10.1. The van der Waals surface area contributed by atoms with Crippen LogP contribution in [0.4, 0.5) is 4.39 Å². The molecule has 0 bridgehead atoms. The standard InChI is InChI=1S/C20H24FN3O2/c21-18-5-2-1-4-17(18)6-7-19(25)23-10-3-11-24(13-12-23)20(26)14-16-8-9-22-15-16/h1-2,4-5,8-9,15,22H,3,6-7,10-14H2. The number of carbonyl (C=O) groups excluding carboxylic acids is 2. The first-order chi connectivity index (χ1) is 12.6. The van der Waals surface area contributed by atoms with Crippen LogP contribution in [-0.2, 0) is 22.4 Å². The predicted octanol–water partition coefficient (Wildman–Crippen LogP) is 2.39. The molecule has 1 aromatic heterocycles. The number of halogens is 1. The number of rotatable bonds is 5. The zero-order chi connectivity index (χ0) is 18.4. The number of amides is 2. The highest BCUT2D eigenvalue weighted by molar-refractivity contribution is 5.79. The van der Waals surface area contributed by atoms with E-state index in [2.05, 4.69) is 4.98 Å². The summed E-state index contributed by atoms with van der Waals surface area (Å²) in [5.41, 5.74) is 1.54. The van der Waals surface area contributed by atoms with Gasteiger partial charge in [0.25, 0.3) is 0 Å². The fraction of sp³-hybridized carbons (Fsp3) is 0.400. The van der Waals surface area contributed by atoms with Crippen LogP contribution in [0.15, 0.2) is 42.7 Å². The van der Waals surface area contributed by atoms with Crippen LogP contribution in [0.1, 0.15) is 24.0 Å². The summed E-state index contributed by atoms with van der Waals surface area (Å²) in [7, 11) is 0. The van der Waals surface area contributed by atoms with Gasteiger partial charge in [-0.3, -0.25) is 9.59 Å². The van der Waals surface area contributed by atoms with Crippen molar-refractivity contribution in [2.24, 2.45) is 0 Å². The third-order valence-electron chi connectivity index (χ3n) is 4.79. The van der Waals surface area contributed by atoms with Crippen molar-refractivity contribution in [3.05, 3.63) is 59.7 Å². The molecule has 1 aliphatic heterocycles. The molecule has 2 heterocycles. The van der Waals surface area contributed by atoms with Gasteiger partial charge in [-0.05, 0) is 36.1 Å². The molecule has 0 atom stereocenters. The average molecular weight is 357 g/mol. The third-order valence-corrected chi connectivity index (χ3v) is 4.79. The molecular formula is C20H24FN3O2. The minimum absolute atomic E-state index is 0.0215. The molecule has 5 nitrogen and oxygen atoms in total. The van der Waals surface area contributed by atoms with Crippen LogP contribution < -0.4 is 0 Å². The van der Waals surface area contributed by atoms with Gasteiger partial charge >= 0.3 is 0 Å². The Kier molecular flexibility index (Phi) is 6.04. The van der Waals surface area contributed by atoms with Crippen LogP contribution in [0.3, 0.4) is 0 Å². The van der Waals surface area contributed by atoms with Gasteiger partial charge in [-0.1, -0.05) is 18.2 Å². The molecule has 3 rings (SSSR count). The second-order valence-electron chi connectivity index (χ2n) is 6.60. The molecule has 1 aliphatic rings. The maximum atomic E-state index is 13.7. The Morgan fingerprint density at radius 1 is 1.00 bits per heavy atom. The van der Waals surface area contributed by atoms with Crippen LogP contribution in [0.25, 0.3) is 0 Å². The first-order valence-corrected chi connectivity index (χ1v) is 9.04. The van der Waals surface area contributed by atoms with Crippen molar-refractivity contribution < 1.29 is 14.0 Å². The van der Waals surface area contributed by atoms with Gasteiger partial charge in [-0.15, -0.1) is 0 Å². The summed E-state index contributed by atoms with van der Waals surface area (Å²) in [5, 5.41) is 0. The van der Waals surface area contributed by atoms with Crippen molar-refractivity contribution in [1.29, 1.82) is 0 Å². The topological polar surface area (TPSA) is 56.4 Å². The monoisotopic (exact) mass is 357 g/mol. The molecule has 0 unspecified atom stereocenters. The number of aromatic amines is 1. The van der Waals surface area contributed by atoms with Gasteiger partial charge in [0.05, 0.1) is 6.42 Å². The Hall–Kier alpha value is -2.63. The Bertz CT molecular complexity index is 745. The van der Waals surface area contributed by atoms with Crippen molar-refractivity contribution >= 4 is 11.8 Å². The number of H-pyrrole nitrogens is 1. The van der Waals surface area contributed by atoms with Crippen molar-refractivity contribution in [1.82, 2.24) is 14.8 Å². The van der Waals surface area contributed by atoms with Gasteiger partial charge in [0.1, 0.15) is 5.82 Å². The minimum Gasteiger partial charge on any atom is -0.367 e. The molecule has 1 saturated heterocycles. The number of benzene rings is 1. The van der Waals surface area contributed by atoms with E-state index in [9.17, 15) is 14.0 Å². The van der Waals surface area contributed by atoms with Crippen LogP contribution in [-0.4, -0.2) is 52.8 Å². The second kappa shape index (κ2) is 8.65. The molecule has 2 aromatic rings. The van der Waals surface area contributed by atoms with Gasteiger partial charge in [0.15, 0.2) is 0 Å². The lowest BCUT2D eigenvalue weighted by molar-refractivity contribution is -0.133. The molecular weight excluding hydrogens is 333 g/mol. The van der Waals surface area contributed by atoms with E-state index in [0.717, 1.165) is 12.0 Å². The summed E-state index contributed by atoms with van der Waals surface area (Å²) < 4.78 is 13.7. The molecule has 0 radical (unpaired) electrons. The Morgan fingerprint density at radius 3 is 2.42 bits per heavy atom. The highest BCUT2D eigenvalue weighted by Gasteiger charge is 2.22. The third kappa shape index (κ3) is 4.71. The average Bonchev–Trinajstić information content (AvgIpc) is 3.02. The van der Waals surface area contributed by atoms with Crippen molar-refractivity contribution in [3.8, 4) is 0 Å². The van der Waals surface area contributed by atoms with Crippen LogP contribution >= 0.6 is 0 Å². The summed E-state index contributed by atoms with van der Waals surface area (Å²) in [4.78, 5) is 31.5. The van der Waals surface area contributed by atoms with Gasteiger partial charge in [-0.25, -0.2) is 4.39 Å². The van der Waals surface area contributed by atoms with Gasteiger partial charge < -0.3 is 14.8 Å². The molecule has 0 saturated carbocycles. The lowest BCUT2D eigenvalue weighted by Gasteiger charge is -2.22. The number of aryl methyl sites for hydroxylation is 1. The minimum atomic E-state index is -0.266. The van der Waals surface area contributed by atoms with Gasteiger partial charge in [0, 0.05) is 45.0 Å². The van der Waals surface area contributed by atoms with E-state index in [4.69, 9.17) is 0 Å². The van der Waals surface area contributed by atoms with Crippen LogP contribution in [0, 0.1) is 5.82 Å². The van der Waals surface area contributed by atoms with E-state index < -0.39 is 0 Å². The summed E-state index contributed by atoms with van der Waals surface area (Å²) in [6.45, 7) is 2.40. The molecule has 26 heavy (non-hydrogen) atoms. The number of nitrogens with one attached hydrogen (secondary N) is 1. The zero-order valence-corrected chi connectivity index (χ0v) is 14.8. The summed E-state index contributed by atoms with van der Waals surface area (Å²) >= 11 is 0. The van der Waals surface area contributed by atoms with E-state index in [0.29, 0.717) is 44.6 Å². The van der Waals surface area contributed by atoms with E-state index in [-0.39, 0.29) is 24.1 Å². The largest absolute Gasteiger partial charge is 0.367 e. The molecule has 1 fully saturated rings. The number of hydrogen-bond acceptors (Lipinski definition) is 2. The predicted molar refractivity (Wildman–Crippen MR) is 97.0 cm³/mol. The zero-order valence-electron chi connectivity index (χ0n) is 14.8. The fourth-order valence-electron chi connectivity index (χ4n) is 3.27. The molecule has 2 amide bonds. The van der Waals surface area contributed by atoms with E-state index >= 15 is 0 Å². The second-order valence-corrected chi connectivity index (χ2v) is 6.60. The summed E-state index contributed by atoms with van der Waals surface area (Å²) in [6.07, 6.45) is 5.47. The summed E-state index contributed by atoms with van der Waals surface area (Å²) in [6, 6.07) is 8.46. The maximum absolute atomic E-state index is 13.7. The SMILES string of the molecule is O=C(CCc1ccccc1F)N1CCCN(C(=O)Cc2cc[nH]c2)CC1. The first kappa shape index (κ1) is 18.2.